The fourth-order valence-corrected chi connectivity index (χ4v) is 3.34. The van der Waals surface area contributed by atoms with Gasteiger partial charge in [0.05, 0.1) is 5.39 Å². The van der Waals surface area contributed by atoms with Crippen LogP contribution in [0.1, 0.15) is 48.7 Å². The lowest BCUT2D eigenvalue weighted by molar-refractivity contribution is 0.102. The third kappa shape index (κ3) is 4.25. The topological polar surface area (TPSA) is 64.0 Å². The van der Waals surface area contributed by atoms with E-state index in [1.165, 1.54) is 4.68 Å². The second-order valence-electron chi connectivity index (χ2n) is 6.85. The van der Waals surface area contributed by atoms with Crippen LogP contribution in [0.5, 0.6) is 0 Å². The highest BCUT2D eigenvalue weighted by atomic mass is 35.5. The quantitative estimate of drug-likeness (QED) is 0.558. The number of aromatic nitrogens is 2. The molecule has 146 valence electrons. The van der Waals surface area contributed by atoms with E-state index in [0.717, 1.165) is 31.2 Å². The minimum atomic E-state index is -0.358. The normalized spacial score (nSPS) is 11.0. The van der Waals surface area contributed by atoms with Crippen molar-refractivity contribution in [3.63, 3.8) is 0 Å². The van der Waals surface area contributed by atoms with Gasteiger partial charge in [0.25, 0.3) is 11.5 Å². The van der Waals surface area contributed by atoms with E-state index >= 15 is 0 Å². The lowest BCUT2D eigenvalue weighted by Crippen LogP contribution is -2.28. The van der Waals surface area contributed by atoms with Crippen LogP contribution >= 0.6 is 11.6 Å². The molecule has 1 heterocycles. The van der Waals surface area contributed by atoms with E-state index in [1.54, 1.807) is 42.5 Å². The number of nitrogens with one attached hydrogen (secondary N) is 1. The van der Waals surface area contributed by atoms with E-state index in [1.807, 2.05) is 6.92 Å². The van der Waals surface area contributed by atoms with Crippen LogP contribution in [0.25, 0.3) is 10.8 Å². The molecule has 0 radical (unpaired) electrons. The van der Waals surface area contributed by atoms with Gasteiger partial charge in [-0.1, -0.05) is 62.1 Å². The fraction of sp³-hybridized carbons (Fsp3) is 0.318. The molecule has 3 rings (SSSR count). The monoisotopic (exact) mass is 397 g/mol. The van der Waals surface area contributed by atoms with E-state index < -0.39 is 0 Å². The molecule has 1 aromatic heterocycles. The van der Waals surface area contributed by atoms with Gasteiger partial charge in [-0.2, -0.15) is 5.10 Å². The highest BCUT2D eigenvalue weighted by Crippen LogP contribution is 2.24. The van der Waals surface area contributed by atoms with Gasteiger partial charge in [-0.05, 0) is 37.1 Å². The minimum Gasteiger partial charge on any atom is -0.320 e. The lowest BCUT2D eigenvalue weighted by atomic mass is 10.1. The van der Waals surface area contributed by atoms with Crippen LogP contribution in [0.2, 0.25) is 5.02 Å². The van der Waals surface area contributed by atoms with Crippen LogP contribution in [-0.4, -0.2) is 15.7 Å². The van der Waals surface area contributed by atoms with Crippen molar-refractivity contribution in [3.8, 4) is 0 Å². The van der Waals surface area contributed by atoms with Gasteiger partial charge in [0.2, 0.25) is 0 Å². The van der Waals surface area contributed by atoms with Crippen molar-refractivity contribution >= 4 is 34.0 Å². The Balaban J connectivity index is 1.99. The molecule has 5 nitrogen and oxygen atoms in total. The van der Waals surface area contributed by atoms with E-state index in [-0.39, 0.29) is 17.2 Å². The van der Waals surface area contributed by atoms with Crippen molar-refractivity contribution in [3.05, 3.63) is 69.1 Å². The van der Waals surface area contributed by atoms with E-state index in [4.69, 9.17) is 11.6 Å². The lowest BCUT2D eigenvalue weighted by Gasteiger charge is -2.13. The summed E-state index contributed by atoms with van der Waals surface area (Å²) in [7, 11) is 0. The van der Waals surface area contributed by atoms with Gasteiger partial charge in [-0.15, -0.1) is 0 Å². The summed E-state index contributed by atoms with van der Waals surface area (Å²) >= 11 is 6.15. The predicted molar refractivity (Wildman–Crippen MR) is 114 cm³/mol. The second-order valence-corrected chi connectivity index (χ2v) is 7.26. The summed E-state index contributed by atoms with van der Waals surface area (Å²) in [6.45, 7) is 4.49. The fourth-order valence-electron chi connectivity index (χ4n) is 3.17. The minimum absolute atomic E-state index is 0.164. The number of hydrogen-bond donors (Lipinski definition) is 1. The largest absolute Gasteiger partial charge is 0.320 e. The van der Waals surface area contributed by atoms with Gasteiger partial charge in [0.1, 0.15) is 0 Å². The maximum Gasteiger partial charge on any atom is 0.276 e. The SMILES string of the molecule is CCCCCCn1nc(C(=O)Nc2cccc(Cl)c2C)c2ccccc2c1=O. The predicted octanol–water partition coefficient (Wildman–Crippen LogP) is 5.19. The Morgan fingerprint density at radius 1 is 1.07 bits per heavy atom. The number of hydrogen-bond acceptors (Lipinski definition) is 3. The van der Waals surface area contributed by atoms with E-state index in [9.17, 15) is 9.59 Å². The molecule has 0 atom stereocenters. The van der Waals surface area contributed by atoms with E-state index in [0.29, 0.717) is 28.0 Å². The summed E-state index contributed by atoms with van der Waals surface area (Å²) in [5, 5.41) is 8.92. The van der Waals surface area contributed by atoms with Crippen LogP contribution in [0.4, 0.5) is 5.69 Å². The molecule has 2 aromatic carbocycles. The molecule has 6 heteroatoms. The molecule has 0 bridgehead atoms. The number of amides is 1. The first-order chi connectivity index (χ1) is 13.5. The van der Waals surface area contributed by atoms with Crippen molar-refractivity contribution in [1.29, 1.82) is 0 Å². The number of anilines is 1. The smallest absolute Gasteiger partial charge is 0.276 e. The summed E-state index contributed by atoms with van der Waals surface area (Å²) in [5.74, 6) is -0.358. The second kappa shape index (κ2) is 9.02. The van der Waals surface area contributed by atoms with Gasteiger partial charge in [-0.3, -0.25) is 9.59 Å². The van der Waals surface area contributed by atoms with Gasteiger partial charge < -0.3 is 5.32 Å². The van der Waals surface area contributed by atoms with Gasteiger partial charge in [-0.25, -0.2) is 4.68 Å². The summed E-state index contributed by atoms with van der Waals surface area (Å²) < 4.78 is 1.41. The molecule has 0 aliphatic carbocycles. The number of carbonyl (C=O) groups is 1. The first-order valence-corrected chi connectivity index (χ1v) is 9.97. The van der Waals surface area contributed by atoms with Gasteiger partial charge in [0.15, 0.2) is 5.69 Å². The average Bonchev–Trinajstić information content (AvgIpc) is 2.70. The molecule has 0 fully saturated rings. The molecule has 3 aromatic rings. The van der Waals surface area contributed by atoms with Crippen LogP contribution in [0, 0.1) is 6.92 Å². The van der Waals surface area contributed by atoms with Crippen LogP contribution < -0.4 is 10.9 Å². The summed E-state index contributed by atoms with van der Waals surface area (Å²) in [4.78, 5) is 25.8. The van der Waals surface area contributed by atoms with Crippen LogP contribution in [0.3, 0.4) is 0 Å². The number of fused-ring (bicyclic) bond motifs is 1. The summed E-state index contributed by atoms with van der Waals surface area (Å²) in [6.07, 6.45) is 4.12. The number of unbranched alkanes of at least 4 members (excludes halogenated alkanes) is 3. The number of benzene rings is 2. The number of rotatable bonds is 7. The van der Waals surface area contributed by atoms with Crippen molar-refractivity contribution in [2.24, 2.45) is 0 Å². The Morgan fingerprint density at radius 3 is 2.57 bits per heavy atom. The number of halogens is 1. The van der Waals surface area contributed by atoms with Crippen LogP contribution in [0.15, 0.2) is 47.3 Å². The Morgan fingerprint density at radius 2 is 1.82 bits per heavy atom. The first-order valence-electron chi connectivity index (χ1n) is 9.59. The first kappa shape index (κ1) is 20.1. The number of aryl methyl sites for hydroxylation is 1. The molecule has 0 saturated heterocycles. The van der Waals surface area contributed by atoms with Gasteiger partial charge in [0, 0.05) is 22.6 Å². The zero-order valence-corrected chi connectivity index (χ0v) is 16.9. The Kier molecular flexibility index (Phi) is 6.47. The highest BCUT2D eigenvalue weighted by molar-refractivity contribution is 6.31. The average molecular weight is 398 g/mol. The maximum atomic E-state index is 13.0. The van der Waals surface area contributed by atoms with E-state index in [2.05, 4.69) is 17.3 Å². The Labute approximate surface area is 169 Å². The standard InChI is InChI=1S/C22H24ClN3O2/c1-3-4-5-8-14-26-22(28)17-11-7-6-10-16(17)20(25-26)21(27)24-19-13-9-12-18(23)15(19)2/h6-7,9-13H,3-5,8,14H2,1-2H3,(H,24,27). The molecule has 0 saturated carbocycles. The molecule has 0 aliphatic heterocycles. The van der Waals surface area contributed by atoms with Gasteiger partial charge >= 0.3 is 0 Å². The highest BCUT2D eigenvalue weighted by Gasteiger charge is 2.17. The van der Waals surface area contributed by atoms with Crippen molar-refractivity contribution < 1.29 is 4.79 Å². The number of carbonyl (C=O) groups excluding carboxylic acids is 1. The molecule has 1 amide bonds. The molecule has 0 unspecified atom stereocenters. The third-order valence-corrected chi connectivity index (χ3v) is 5.23. The Hall–Kier alpha value is -2.66. The summed E-state index contributed by atoms with van der Waals surface area (Å²) in [5.41, 5.74) is 1.49. The molecule has 1 N–H and O–H groups in total. The van der Waals surface area contributed by atoms with Crippen molar-refractivity contribution in [1.82, 2.24) is 9.78 Å². The number of nitrogens with zero attached hydrogens (tertiary/aromatic N) is 2. The van der Waals surface area contributed by atoms with Crippen molar-refractivity contribution in [2.75, 3.05) is 5.32 Å². The zero-order valence-electron chi connectivity index (χ0n) is 16.2. The van der Waals surface area contributed by atoms with Crippen LogP contribution in [-0.2, 0) is 6.54 Å². The molecule has 0 aliphatic rings. The summed E-state index contributed by atoms with van der Waals surface area (Å²) in [6, 6.07) is 12.4. The molecule has 0 spiro atoms. The zero-order chi connectivity index (χ0) is 20.1. The van der Waals surface area contributed by atoms with Crippen molar-refractivity contribution in [2.45, 2.75) is 46.1 Å². The molecular weight excluding hydrogens is 374 g/mol. The molecular formula is C22H24ClN3O2. The Bertz CT molecular complexity index is 1060. The molecule has 28 heavy (non-hydrogen) atoms. The maximum absolute atomic E-state index is 13.0. The third-order valence-electron chi connectivity index (χ3n) is 4.82.